The number of hydrogen-bond donors (Lipinski definition) is 1. The Hall–Kier alpha value is -3.49. The van der Waals surface area contributed by atoms with Crippen molar-refractivity contribution in [3.05, 3.63) is 94.1 Å². The maximum absolute atomic E-state index is 13.5. The van der Waals surface area contributed by atoms with Gasteiger partial charge in [0.25, 0.3) is 15.9 Å². The molecule has 4 rings (SSSR count). The molecule has 0 saturated carbocycles. The Kier molecular flexibility index (Phi) is 6.54. The van der Waals surface area contributed by atoms with Crippen molar-refractivity contribution in [2.75, 3.05) is 21.3 Å². The van der Waals surface area contributed by atoms with Crippen LogP contribution in [0.2, 0.25) is 5.02 Å². The highest BCUT2D eigenvalue weighted by molar-refractivity contribution is 7.89. The van der Waals surface area contributed by atoms with Gasteiger partial charge >= 0.3 is 0 Å². The van der Waals surface area contributed by atoms with Crippen LogP contribution in [0.25, 0.3) is 5.57 Å². The number of methoxy groups -OCH3 is 2. The SMILES string of the molecule is COc1ccc(CNC(=O)C2=C(c3ccccc3)c3cc(Cl)ccc3S(=O)(=O)N2C)cc1OC. The molecule has 34 heavy (non-hydrogen) atoms. The van der Waals surface area contributed by atoms with Crippen LogP contribution in [0, 0.1) is 0 Å². The van der Waals surface area contributed by atoms with Gasteiger partial charge in [-0.05, 0) is 41.5 Å². The molecule has 0 spiro atoms. The summed E-state index contributed by atoms with van der Waals surface area (Å²) in [5.74, 6) is 0.558. The van der Waals surface area contributed by atoms with Crippen molar-refractivity contribution in [1.82, 2.24) is 9.62 Å². The second kappa shape index (κ2) is 9.40. The highest BCUT2D eigenvalue weighted by Crippen LogP contribution is 2.40. The molecule has 0 aliphatic carbocycles. The average Bonchev–Trinajstić information content (AvgIpc) is 2.84. The van der Waals surface area contributed by atoms with E-state index in [1.54, 1.807) is 31.4 Å². The Morgan fingerprint density at radius 1 is 0.971 bits per heavy atom. The molecular formula is C25H23ClN2O5S. The molecule has 3 aromatic rings. The summed E-state index contributed by atoms with van der Waals surface area (Å²) < 4.78 is 38.1. The molecule has 3 aromatic carbocycles. The average molecular weight is 499 g/mol. The first-order chi connectivity index (χ1) is 16.3. The number of hydrogen-bond acceptors (Lipinski definition) is 5. The van der Waals surface area contributed by atoms with Crippen molar-refractivity contribution in [1.29, 1.82) is 0 Å². The number of amides is 1. The highest BCUT2D eigenvalue weighted by atomic mass is 35.5. The maximum Gasteiger partial charge on any atom is 0.269 e. The van der Waals surface area contributed by atoms with E-state index in [-0.39, 0.29) is 17.1 Å². The zero-order chi connectivity index (χ0) is 24.5. The van der Waals surface area contributed by atoms with Gasteiger partial charge in [-0.15, -0.1) is 0 Å². The second-order valence-electron chi connectivity index (χ2n) is 7.57. The van der Waals surface area contributed by atoms with Crippen molar-refractivity contribution < 1.29 is 22.7 Å². The molecule has 1 heterocycles. The number of nitrogens with zero attached hydrogens (tertiary/aromatic N) is 1. The molecule has 1 aliphatic heterocycles. The topological polar surface area (TPSA) is 84.9 Å². The van der Waals surface area contributed by atoms with Crippen molar-refractivity contribution >= 4 is 33.1 Å². The van der Waals surface area contributed by atoms with Gasteiger partial charge in [-0.3, -0.25) is 9.10 Å². The summed E-state index contributed by atoms with van der Waals surface area (Å²) in [6.07, 6.45) is 0. The molecule has 0 unspecified atom stereocenters. The molecule has 0 bridgehead atoms. The fourth-order valence-electron chi connectivity index (χ4n) is 3.89. The van der Waals surface area contributed by atoms with E-state index >= 15 is 0 Å². The van der Waals surface area contributed by atoms with E-state index < -0.39 is 15.9 Å². The summed E-state index contributed by atoms with van der Waals surface area (Å²) in [6.45, 7) is 0.154. The van der Waals surface area contributed by atoms with E-state index in [0.717, 1.165) is 9.87 Å². The van der Waals surface area contributed by atoms with Gasteiger partial charge in [-0.2, -0.15) is 0 Å². The molecule has 0 radical (unpaired) electrons. The lowest BCUT2D eigenvalue weighted by atomic mass is 9.95. The van der Waals surface area contributed by atoms with E-state index in [1.165, 1.54) is 26.3 Å². The molecule has 9 heteroatoms. The molecule has 176 valence electrons. The molecule has 1 N–H and O–H groups in total. The Morgan fingerprint density at radius 3 is 2.35 bits per heavy atom. The summed E-state index contributed by atoms with van der Waals surface area (Å²) in [4.78, 5) is 13.6. The molecular weight excluding hydrogens is 476 g/mol. The Bertz CT molecular complexity index is 1390. The summed E-state index contributed by atoms with van der Waals surface area (Å²) in [5, 5.41) is 3.21. The number of fused-ring (bicyclic) bond motifs is 1. The first kappa shape index (κ1) is 23.7. The molecule has 0 aromatic heterocycles. The van der Waals surface area contributed by atoms with Gasteiger partial charge in [0, 0.05) is 29.8 Å². The van der Waals surface area contributed by atoms with E-state index in [0.29, 0.717) is 33.2 Å². The van der Waals surface area contributed by atoms with Gasteiger partial charge in [0.2, 0.25) is 0 Å². The lowest BCUT2D eigenvalue weighted by Gasteiger charge is -2.31. The zero-order valence-electron chi connectivity index (χ0n) is 18.8. The van der Waals surface area contributed by atoms with Gasteiger partial charge in [0.1, 0.15) is 5.70 Å². The van der Waals surface area contributed by atoms with Gasteiger partial charge in [-0.1, -0.05) is 48.0 Å². The smallest absolute Gasteiger partial charge is 0.269 e. The molecule has 0 atom stereocenters. The number of ether oxygens (including phenoxy) is 2. The van der Waals surface area contributed by atoms with Gasteiger partial charge in [0.15, 0.2) is 11.5 Å². The van der Waals surface area contributed by atoms with Crippen LogP contribution in [0.3, 0.4) is 0 Å². The van der Waals surface area contributed by atoms with Crippen molar-refractivity contribution in [2.45, 2.75) is 11.4 Å². The normalized spacial score (nSPS) is 14.4. The third-order valence-corrected chi connectivity index (χ3v) is 7.63. The van der Waals surface area contributed by atoms with Crippen LogP contribution < -0.4 is 14.8 Å². The Balaban J connectivity index is 1.80. The standard InChI is InChI=1S/C25H23ClN2O5S/c1-28-24(25(29)27-15-16-9-11-20(32-2)21(13-16)33-3)23(17-7-5-4-6-8-17)19-14-18(26)10-12-22(19)34(28,30)31/h4-14H,15H2,1-3H3,(H,27,29). The number of nitrogens with one attached hydrogen (secondary N) is 1. The van der Waals surface area contributed by atoms with Crippen LogP contribution in [0.4, 0.5) is 0 Å². The lowest BCUT2D eigenvalue weighted by molar-refractivity contribution is -0.118. The van der Waals surface area contributed by atoms with Crippen LogP contribution in [0.15, 0.2) is 77.3 Å². The number of halogens is 1. The predicted molar refractivity (Wildman–Crippen MR) is 130 cm³/mol. The minimum absolute atomic E-state index is 0.0152. The molecule has 7 nitrogen and oxygen atoms in total. The van der Waals surface area contributed by atoms with E-state index in [4.69, 9.17) is 21.1 Å². The van der Waals surface area contributed by atoms with Crippen LogP contribution in [0.5, 0.6) is 11.5 Å². The van der Waals surface area contributed by atoms with Crippen molar-refractivity contribution in [3.63, 3.8) is 0 Å². The summed E-state index contributed by atoms with van der Waals surface area (Å²) >= 11 is 6.23. The quantitative estimate of drug-likeness (QED) is 0.554. The molecule has 1 aliphatic rings. The number of rotatable bonds is 6. The highest BCUT2D eigenvalue weighted by Gasteiger charge is 2.38. The van der Waals surface area contributed by atoms with Crippen LogP contribution >= 0.6 is 11.6 Å². The zero-order valence-corrected chi connectivity index (χ0v) is 20.4. The number of benzene rings is 3. The summed E-state index contributed by atoms with van der Waals surface area (Å²) in [7, 11) is 0.492. The predicted octanol–water partition coefficient (Wildman–Crippen LogP) is 4.07. The Labute approximate surface area is 203 Å². The summed E-state index contributed by atoms with van der Waals surface area (Å²) in [6, 6.07) is 19.0. The van der Waals surface area contributed by atoms with Crippen LogP contribution in [-0.2, 0) is 21.4 Å². The Morgan fingerprint density at radius 2 is 1.68 bits per heavy atom. The van der Waals surface area contributed by atoms with Gasteiger partial charge in [-0.25, -0.2) is 8.42 Å². The molecule has 1 amide bonds. The second-order valence-corrected chi connectivity index (χ2v) is 9.95. The molecule has 0 saturated heterocycles. The monoisotopic (exact) mass is 498 g/mol. The van der Waals surface area contributed by atoms with Crippen molar-refractivity contribution in [2.24, 2.45) is 0 Å². The van der Waals surface area contributed by atoms with Crippen LogP contribution in [0.1, 0.15) is 16.7 Å². The molecule has 0 fully saturated rings. The van der Waals surface area contributed by atoms with Gasteiger partial charge < -0.3 is 14.8 Å². The summed E-state index contributed by atoms with van der Waals surface area (Å²) in [5.41, 5.74) is 2.34. The number of sulfonamides is 1. The number of likely N-dealkylation sites (N-methyl/N-ethyl adjacent to an activating group) is 1. The first-order valence-electron chi connectivity index (χ1n) is 10.4. The van der Waals surface area contributed by atoms with Crippen LogP contribution in [-0.4, -0.2) is 39.9 Å². The minimum atomic E-state index is -3.96. The third kappa shape index (κ3) is 4.22. The van der Waals surface area contributed by atoms with E-state index in [1.807, 2.05) is 30.3 Å². The number of carbonyl (C=O) groups is 1. The van der Waals surface area contributed by atoms with E-state index in [2.05, 4.69) is 5.32 Å². The lowest BCUT2D eigenvalue weighted by Crippen LogP contribution is -2.39. The first-order valence-corrected chi connectivity index (χ1v) is 12.2. The number of carbonyl (C=O) groups excluding carboxylic acids is 1. The van der Waals surface area contributed by atoms with E-state index in [9.17, 15) is 13.2 Å². The third-order valence-electron chi connectivity index (χ3n) is 5.58. The fraction of sp³-hybridized carbons (Fsp3) is 0.160. The van der Waals surface area contributed by atoms with Crippen molar-refractivity contribution in [3.8, 4) is 11.5 Å². The maximum atomic E-state index is 13.5. The fourth-order valence-corrected chi connectivity index (χ4v) is 5.45. The largest absolute Gasteiger partial charge is 0.493 e. The minimum Gasteiger partial charge on any atom is -0.493 e. The van der Waals surface area contributed by atoms with Gasteiger partial charge in [0.05, 0.1) is 19.1 Å².